The number of ether oxygens (including phenoxy) is 1. The van der Waals surface area contributed by atoms with Gasteiger partial charge in [-0.25, -0.2) is 9.79 Å². The maximum atomic E-state index is 12.1. The van der Waals surface area contributed by atoms with Gasteiger partial charge in [-0.05, 0) is 31.2 Å². The second kappa shape index (κ2) is 6.04. The SMILES string of the molecule is CC1(CNC(=O)c2ccccc2)N=C(c2ccccc2)OC1=O. The van der Waals surface area contributed by atoms with Crippen LogP contribution in [0.5, 0.6) is 0 Å². The molecule has 0 spiro atoms. The molecule has 23 heavy (non-hydrogen) atoms. The fraction of sp³-hybridized carbons (Fsp3) is 0.167. The number of cyclic esters (lactones) is 1. The summed E-state index contributed by atoms with van der Waals surface area (Å²) in [6.07, 6.45) is 0. The molecule has 1 atom stereocenters. The molecule has 5 heteroatoms. The average molecular weight is 308 g/mol. The number of amides is 1. The Morgan fingerprint density at radius 1 is 1.09 bits per heavy atom. The number of carbonyl (C=O) groups excluding carboxylic acids is 2. The van der Waals surface area contributed by atoms with Crippen molar-refractivity contribution in [1.29, 1.82) is 0 Å². The van der Waals surface area contributed by atoms with E-state index in [2.05, 4.69) is 10.3 Å². The number of hydrogen-bond acceptors (Lipinski definition) is 4. The number of nitrogens with one attached hydrogen (secondary N) is 1. The van der Waals surface area contributed by atoms with E-state index < -0.39 is 11.5 Å². The summed E-state index contributed by atoms with van der Waals surface area (Å²) < 4.78 is 5.26. The predicted octanol–water partition coefficient (Wildman–Crippen LogP) is 2.18. The maximum Gasteiger partial charge on any atom is 0.342 e. The summed E-state index contributed by atoms with van der Waals surface area (Å²) >= 11 is 0. The van der Waals surface area contributed by atoms with Crippen LogP contribution in [-0.4, -0.2) is 29.9 Å². The van der Waals surface area contributed by atoms with E-state index in [-0.39, 0.29) is 18.3 Å². The minimum absolute atomic E-state index is 0.0793. The molecular formula is C18H16N2O3. The van der Waals surface area contributed by atoms with Gasteiger partial charge >= 0.3 is 5.97 Å². The molecule has 0 bridgehead atoms. The van der Waals surface area contributed by atoms with E-state index in [1.807, 2.05) is 36.4 Å². The van der Waals surface area contributed by atoms with E-state index in [0.717, 1.165) is 5.56 Å². The van der Waals surface area contributed by atoms with Crippen molar-refractivity contribution in [3.05, 3.63) is 71.8 Å². The third kappa shape index (κ3) is 3.13. The second-order valence-corrected chi connectivity index (χ2v) is 5.50. The van der Waals surface area contributed by atoms with Gasteiger partial charge in [-0.15, -0.1) is 0 Å². The highest BCUT2D eigenvalue weighted by molar-refractivity contribution is 6.08. The molecule has 0 radical (unpaired) electrons. The van der Waals surface area contributed by atoms with Gasteiger partial charge in [0.15, 0.2) is 5.54 Å². The zero-order chi connectivity index (χ0) is 16.3. The number of carbonyl (C=O) groups is 2. The third-order valence-corrected chi connectivity index (χ3v) is 3.63. The van der Waals surface area contributed by atoms with Crippen molar-refractivity contribution in [2.45, 2.75) is 12.5 Å². The fourth-order valence-corrected chi connectivity index (χ4v) is 2.25. The van der Waals surface area contributed by atoms with E-state index in [0.29, 0.717) is 5.56 Å². The number of aliphatic imine (C=N–C) groups is 1. The molecule has 1 N–H and O–H groups in total. The molecule has 1 amide bonds. The van der Waals surface area contributed by atoms with E-state index in [4.69, 9.17) is 4.74 Å². The summed E-state index contributed by atoms with van der Waals surface area (Å²) in [6, 6.07) is 18.0. The Morgan fingerprint density at radius 2 is 1.70 bits per heavy atom. The first kappa shape index (κ1) is 15.0. The van der Waals surface area contributed by atoms with Crippen molar-refractivity contribution < 1.29 is 14.3 Å². The lowest BCUT2D eigenvalue weighted by Gasteiger charge is -2.16. The number of nitrogens with zero attached hydrogens (tertiary/aromatic N) is 1. The molecule has 5 nitrogen and oxygen atoms in total. The number of benzene rings is 2. The van der Waals surface area contributed by atoms with Crippen molar-refractivity contribution in [3.63, 3.8) is 0 Å². The van der Waals surface area contributed by atoms with Crippen LogP contribution in [0.25, 0.3) is 0 Å². The molecule has 0 aliphatic carbocycles. The van der Waals surface area contributed by atoms with E-state index in [9.17, 15) is 9.59 Å². The predicted molar refractivity (Wildman–Crippen MR) is 86.3 cm³/mol. The van der Waals surface area contributed by atoms with Crippen molar-refractivity contribution in [3.8, 4) is 0 Å². The standard InChI is InChI=1S/C18H16N2O3/c1-18(12-19-15(21)13-8-4-2-5-9-13)17(22)23-16(20-18)14-10-6-3-7-11-14/h2-11H,12H2,1H3,(H,19,21). The molecule has 3 rings (SSSR count). The van der Waals surface area contributed by atoms with E-state index in [1.165, 1.54) is 0 Å². The number of rotatable bonds is 4. The lowest BCUT2D eigenvalue weighted by molar-refractivity contribution is -0.138. The Morgan fingerprint density at radius 3 is 2.35 bits per heavy atom. The van der Waals surface area contributed by atoms with Gasteiger partial charge in [0.25, 0.3) is 5.91 Å². The Kier molecular flexibility index (Phi) is 3.93. The Balaban J connectivity index is 1.73. The third-order valence-electron chi connectivity index (χ3n) is 3.63. The smallest absolute Gasteiger partial charge is 0.342 e. The first-order valence-electron chi connectivity index (χ1n) is 7.29. The zero-order valence-electron chi connectivity index (χ0n) is 12.7. The van der Waals surface area contributed by atoms with Crippen LogP contribution in [0.2, 0.25) is 0 Å². The molecule has 116 valence electrons. The summed E-state index contributed by atoms with van der Waals surface area (Å²) in [5.74, 6) is -0.431. The molecule has 1 unspecified atom stereocenters. The monoisotopic (exact) mass is 308 g/mol. The van der Waals surface area contributed by atoms with Crippen LogP contribution in [-0.2, 0) is 9.53 Å². The normalized spacial score (nSPS) is 19.9. The summed E-state index contributed by atoms with van der Waals surface area (Å²) in [6.45, 7) is 1.73. The van der Waals surface area contributed by atoms with Gasteiger partial charge in [0.05, 0.1) is 6.54 Å². The highest BCUT2D eigenvalue weighted by Gasteiger charge is 2.42. The molecule has 1 heterocycles. The molecule has 1 aliphatic heterocycles. The first-order valence-corrected chi connectivity index (χ1v) is 7.29. The van der Waals surface area contributed by atoms with Crippen LogP contribution < -0.4 is 5.32 Å². The van der Waals surface area contributed by atoms with Gasteiger partial charge < -0.3 is 10.1 Å². The maximum absolute atomic E-state index is 12.1. The van der Waals surface area contributed by atoms with Crippen molar-refractivity contribution in [1.82, 2.24) is 5.32 Å². The van der Waals surface area contributed by atoms with Crippen LogP contribution in [0.1, 0.15) is 22.8 Å². The quantitative estimate of drug-likeness (QED) is 0.880. The molecule has 0 saturated heterocycles. The van der Waals surface area contributed by atoms with Crippen LogP contribution in [0, 0.1) is 0 Å². The lowest BCUT2D eigenvalue weighted by atomic mass is 10.0. The van der Waals surface area contributed by atoms with Crippen molar-refractivity contribution >= 4 is 17.8 Å². The molecular weight excluding hydrogens is 292 g/mol. The van der Waals surface area contributed by atoms with Gasteiger partial charge in [-0.1, -0.05) is 36.4 Å². The van der Waals surface area contributed by atoms with Crippen LogP contribution >= 0.6 is 0 Å². The van der Waals surface area contributed by atoms with Crippen LogP contribution in [0.15, 0.2) is 65.7 Å². The molecule has 1 aliphatic rings. The molecule has 0 saturated carbocycles. The van der Waals surface area contributed by atoms with Crippen LogP contribution in [0.3, 0.4) is 0 Å². The fourth-order valence-electron chi connectivity index (χ4n) is 2.25. The Labute approximate surface area is 134 Å². The summed E-state index contributed by atoms with van der Waals surface area (Å²) in [7, 11) is 0. The first-order chi connectivity index (χ1) is 11.1. The lowest BCUT2D eigenvalue weighted by Crippen LogP contribution is -2.43. The van der Waals surface area contributed by atoms with Crippen LogP contribution in [0.4, 0.5) is 0 Å². The van der Waals surface area contributed by atoms with E-state index in [1.54, 1.807) is 31.2 Å². The largest absolute Gasteiger partial charge is 0.405 e. The number of esters is 1. The minimum Gasteiger partial charge on any atom is -0.405 e. The Hall–Kier alpha value is -2.95. The van der Waals surface area contributed by atoms with Gasteiger partial charge in [0.2, 0.25) is 5.90 Å². The minimum atomic E-state index is -1.12. The summed E-state index contributed by atoms with van der Waals surface area (Å²) in [5.41, 5.74) is 0.156. The van der Waals surface area contributed by atoms with Gasteiger partial charge in [0, 0.05) is 11.1 Å². The van der Waals surface area contributed by atoms with Crippen molar-refractivity contribution in [2.75, 3.05) is 6.54 Å². The summed E-state index contributed by atoms with van der Waals surface area (Å²) in [4.78, 5) is 28.6. The molecule has 2 aromatic rings. The molecule has 0 aromatic heterocycles. The van der Waals surface area contributed by atoms with Gasteiger partial charge in [-0.3, -0.25) is 4.79 Å². The topological polar surface area (TPSA) is 67.8 Å². The number of hydrogen-bond donors (Lipinski definition) is 1. The summed E-state index contributed by atoms with van der Waals surface area (Å²) in [5, 5.41) is 2.74. The molecule has 0 fully saturated rings. The highest BCUT2D eigenvalue weighted by atomic mass is 16.6. The zero-order valence-corrected chi connectivity index (χ0v) is 12.7. The average Bonchev–Trinajstić information content (AvgIpc) is 2.90. The van der Waals surface area contributed by atoms with E-state index >= 15 is 0 Å². The second-order valence-electron chi connectivity index (χ2n) is 5.50. The van der Waals surface area contributed by atoms with Gasteiger partial charge in [-0.2, -0.15) is 0 Å². The van der Waals surface area contributed by atoms with Crippen molar-refractivity contribution in [2.24, 2.45) is 4.99 Å². The molecule has 2 aromatic carbocycles. The van der Waals surface area contributed by atoms with Gasteiger partial charge in [0.1, 0.15) is 0 Å². The highest BCUT2D eigenvalue weighted by Crippen LogP contribution is 2.22. The Bertz CT molecular complexity index is 756.